The monoisotopic (exact) mass is 852 g/mol. The van der Waals surface area contributed by atoms with E-state index in [1.165, 1.54) is 0 Å². The third-order valence-electron chi connectivity index (χ3n) is 13.5. The van der Waals surface area contributed by atoms with Gasteiger partial charge in [-0.1, -0.05) is 124 Å². The van der Waals surface area contributed by atoms with Crippen LogP contribution >= 0.6 is 0 Å². The third-order valence-corrected chi connectivity index (χ3v) is 13.5. The highest BCUT2D eigenvalue weighted by atomic mass is 16.3. The van der Waals surface area contributed by atoms with Gasteiger partial charge in [0, 0.05) is 33.5 Å². The zero-order chi connectivity index (χ0) is 45.5. The summed E-state index contributed by atoms with van der Waals surface area (Å²) in [5, 5.41) is 6.57. The number of nitrogens with one attached hydrogen (secondary N) is 1. The predicted octanol–water partition coefficient (Wildman–Crippen LogP) is 3.18. The normalized spacial score (nSPS) is 12.4. The second kappa shape index (κ2) is 14.5. The van der Waals surface area contributed by atoms with Gasteiger partial charge in [0.25, 0.3) is 5.82 Å². The summed E-state index contributed by atoms with van der Waals surface area (Å²) < 4.78 is 15.1. The molecule has 12 radical (unpaired) electrons. The van der Waals surface area contributed by atoms with Gasteiger partial charge in [-0.05, 0) is 75.8 Å². The van der Waals surface area contributed by atoms with Crippen molar-refractivity contribution in [2.45, 2.75) is 0 Å². The van der Waals surface area contributed by atoms with Crippen LogP contribution in [0.5, 0.6) is 0 Å². The first-order valence-electron chi connectivity index (χ1n) is 22.1. The van der Waals surface area contributed by atoms with Crippen LogP contribution in [0.15, 0.2) is 154 Å². The summed E-state index contributed by atoms with van der Waals surface area (Å²) >= 11 is 0. The molecule has 0 atom stereocenters. The molecule has 14 rings (SSSR count). The van der Waals surface area contributed by atoms with Crippen molar-refractivity contribution in [3.8, 4) is 73.4 Å². The lowest BCUT2D eigenvalue weighted by atomic mass is 9.49. The van der Waals surface area contributed by atoms with Crippen molar-refractivity contribution in [1.29, 1.82) is 0 Å². The van der Waals surface area contributed by atoms with Crippen molar-refractivity contribution < 1.29 is 13.5 Å². The molecule has 68 heavy (non-hydrogen) atoms. The minimum atomic E-state index is 0.339. The first-order chi connectivity index (χ1) is 33.3. The van der Waals surface area contributed by atoms with Crippen LogP contribution in [0.2, 0.25) is 0 Å². The van der Waals surface area contributed by atoms with Gasteiger partial charge in [0.05, 0.1) is 10.9 Å². The molecule has 1 N–H and O–H groups in total. The molecule has 6 heterocycles. The van der Waals surface area contributed by atoms with E-state index in [0.29, 0.717) is 66.9 Å². The van der Waals surface area contributed by atoms with Crippen molar-refractivity contribution in [1.82, 2.24) is 20.1 Å². The number of rotatable bonds is 6. The van der Waals surface area contributed by atoms with Crippen LogP contribution < -0.4 is 53.8 Å². The molecular weight excluding hydrogens is 826 g/mol. The Morgan fingerprint density at radius 1 is 0.471 bits per heavy atom. The fourth-order valence-electron chi connectivity index (χ4n) is 10.3. The van der Waals surface area contributed by atoms with Gasteiger partial charge in [-0.15, -0.1) is 21.1 Å². The van der Waals surface area contributed by atoms with E-state index in [4.69, 9.17) is 63.0 Å². The lowest BCUT2D eigenvalue weighted by Crippen LogP contribution is -2.59. The maximum atomic E-state index is 7.16. The zero-order valence-corrected chi connectivity index (χ0v) is 36.0. The van der Waals surface area contributed by atoms with E-state index in [-0.39, 0.29) is 0 Å². The number of aromatic nitrogens is 5. The third kappa shape index (κ3) is 5.57. The number of fused-ring (bicyclic) bond motifs is 6. The molecule has 0 unspecified atom stereocenters. The Morgan fingerprint density at radius 2 is 1.09 bits per heavy atom. The Morgan fingerprint density at radius 3 is 1.84 bits per heavy atom. The fourth-order valence-corrected chi connectivity index (χ4v) is 10.3. The zero-order valence-electron chi connectivity index (χ0n) is 36.0. The van der Waals surface area contributed by atoms with Gasteiger partial charge in [0.1, 0.15) is 67.2 Å². The van der Waals surface area contributed by atoms with E-state index in [0.717, 1.165) is 99.6 Å². The van der Waals surface area contributed by atoms with Crippen LogP contribution in [0, 0.1) is 0 Å². The number of benzene rings is 8. The summed E-state index contributed by atoms with van der Waals surface area (Å²) in [4.78, 5) is 15.8. The molecule has 0 spiro atoms. The summed E-state index contributed by atoms with van der Waals surface area (Å²) in [6, 6.07) is 48.7. The summed E-state index contributed by atoms with van der Waals surface area (Å²) in [7, 11) is 37.7. The molecule has 2 aliphatic rings. The maximum Gasteiger partial charge on any atom is 0.356 e. The van der Waals surface area contributed by atoms with Gasteiger partial charge in [-0.25, -0.2) is 9.97 Å². The first kappa shape index (κ1) is 39.2. The molecule has 4 aromatic heterocycles. The Labute approximate surface area is 397 Å². The summed E-state index contributed by atoms with van der Waals surface area (Å²) in [6.45, 7) is 0. The van der Waals surface area contributed by atoms with Crippen LogP contribution in [0.25, 0.3) is 117 Å². The number of H-pyrrole nitrogens is 1. The minimum Gasteiger partial charge on any atom is -0.456 e. The Balaban J connectivity index is 0.941. The summed E-state index contributed by atoms with van der Waals surface area (Å²) in [5.41, 5.74) is 16.8. The SMILES string of the molecule is [B]c1c([B])c2c3c(c1[B])[B]c1c([B])c(-c4nc(-c5ccccc5)c5oc6cccc(-c7cccc(-c8nc(-c9ccccc9)[n+](-c9ccc%10c(c9)oc9ccccc9%10)[nH]8)c7)c6c5n4)c([B])c(c1-3)[B]2. The highest BCUT2D eigenvalue weighted by molar-refractivity contribution is 6.92. The molecule has 0 saturated heterocycles. The van der Waals surface area contributed by atoms with Gasteiger partial charge >= 0.3 is 5.82 Å². The van der Waals surface area contributed by atoms with Gasteiger partial charge in [-0.3, -0.25) is 0 Å². The molecule has 0 saturated carbocycles. The van der Waals surface area contributed by atoms with E-state index in [9.17, 15) is 0 Å². The van der Waals surface area contributed by atoms with E-state index in [1.54, 1.807) is 0 Å². The molecule has 0 fully saturated rings. The minimum absolute atomic E-state index is 0.339. The Bertz CT molecular complexity index is 4110. The Hall–Kier alpha value is -7.97. The predicted molar refractivity (Wildman–Crippen MR) is 280 cm³/mol. The Kier molecular flexibility index (Phi) is 8.37. The molecule has 0 bridgehead atoms. The quantitative estimate of drug-likeness (QED) is 0.206. The van der Waals surface area contributed by atoms with Crippen LogP contribution in [0.3, 0.4) is 0 Å². The fraction of sp³-hybridized carbons (Fsp3) is 0. The lowest BCUT2D eigenvalue weighted by Gasteiger charge is -2.19. The number of para-hydroxylation sites is 1. The van der Waals surface area contributed by atoms with Crippen molar-refractivity contribution in [2.75, 3.05) is 0 Å². The van der Waals surface area contributed by atoms with Crippen LogP contribution in [-0.2, 0) is 0 Å². The first-order valence-corrected chi connectivity index (χ1v) is 22.1. The average molecular weight is 852 g/mol. The highest BCUT2D eigenvalue weighted by Crippen LogP contribution is 2.41. The standard InChI is InChI=1S/C54H24B7N5O2/c55-40-39(41(56)46-37-38-47(60-45(37)40)43(58)42(57)44(59)48(38)61-46)53-62-49(25-11-3-1-4-12-25)51-50(63-53)36-30(18-10-20-34(36)68-51)27-15-9-16-28(23-27)52-64-54(26-13-5-2-6-14-26)66(65-52)29-21-22-32-31-17-7-8-19-33(31)67-35(32)24-29/h1-24H/p+1. The van der Waals surface area contributed by atoms with Crippen molar-refractivity contribution in [2.24, 2.45) is 0 Å². The lowest BCUT2D eigenvalue weighted by molar-refractivity contribution is -0.644. The largest absolute Gasteiger partial charge is 0.456 e. The van der Waals surface area contributed by atoms with Crippen molar-refractivity contribution >= 4 is 147 Å². The topological polar surface area (TPSA) is 84.6 Å². The van der Waals surface area contributed by atoms with Gasteiger partial charge < -0.3 is 8.83 Å². The maximum absolute atomic E-state index is 7.16. The second-order valence-electron chi connectivity index (χ2n) is 17.3. The number of hydrogen-bond donors (Lipinski definition) is 1. The average Bonchev–Trinajstić information content (AvgIpc) is 4.22. The molecule has 2 aliphatic heterocycles. The molecule has 0 amide bonds. The second-order valence-corrected chi connectivity index (χ2v) is 17.3. The molecule has 0 aliphatic carbocycles. The van der Waals surface area contributed by atoms with Crippen molar-refractivity contribution in [3.05, 3.63) is 146 Å². The van der Waals surface area contributed by atoms with Crippen molar-refractivity contribution in [3.63, 3.8) is 0 Å². The van der Waals surface area contributed by atoms with Gasteiger partial charge in [-0.2, -0.15) is 5.10 Å². The van der Waals surface area contributed by atoms with E-state index in [2.05, 4.69) is 65.8 Å². The number of aromatic amines is 1. The molecular formula is C54H25B7N5O2+. The van der Waals surface area contributed by atoms with Gasteiger partial charge in [0.15, 0.2) is 31.7 Å². The molecule has 8 aromatic carbocycles. The van der Waals surface area contributed by atoms with E-state index < -0.39 is 0 Å². The van der Waals surface area contributed by atoms with Gasteiger partial charge in [0.2, 0.25) is 0 Å². The van der Waals surface area contributed by atoms with E-state index in [1.807, 2.05) is 104 Å². The van der Waals surface area contributed by atoms with Crippen LogP contribution in [0.4, 0.5) is 0 Å². The number of furan rings is 2. The number of hydrogen-bond acceptors (Lipinski definition) is 5. The summed E-state index contributed by atoms with van der Waals surface area (Å²) in [6.07, 6.45) is 0. The molecule has 14 heteroatoms. The van der Waals surface area contributed by atoms with Crippen LogP contribution in [-0.4, -0.2) is 73.8 Å². The smallest absolute Gasteiger partial charge is 0.356 e. The van der Waals surface area contributed by atoms with E-state index >= 15 is 0 Å². The molecule has 7 nitrogen and oxygen atoms in total. The van der Waals surface area contributed by atoms with Crippen LogP contribution in [0.1, 0.15) is 0 Å². The molecule has 12 aromatic rings. The number of nitrogens with zero attached hydrogens (tertiary/aromatic N) is 4. The summed E-state index contributed by atoms with van der Waals surface area (Å²) in [5.74, 6) is 1.79. The molecule has 298 valence electrons. The highest BCUT2D eigenvalue weighted by Gasteiger charge is 2.37.